The molecule has 1 unspecified atom stereocenters. The minimum Gasteiger partial charge on any atom is -0.465 e. The summed E-state index contributed by atoms with van der Waals surface area (Å²) in [5.74, 6) is -0.354. The first kappa shape index (κ1) is 25.2. The van der Waals surface area contributed by atoms with Crippen LogP contribution in [0.3, 0.4) is 0 Å². The lowest BCUT2D eigenvalue weighted by Gasteiger charge is -2.16. The van der Waals surface area contributed by atoms with Crippen LogP contribution in [0, 0.1) is 13.8 Å². The normalized spacial score (nSPS) is 15.6. The Balaban J connectivity index is 1.68. The van der Waals surface area contributed by atoms with Gasteiger partial charge in [-0.3, -0.25) is 14.2 Å². The number of thioether (sulfide) groups is 1. The second-order valence-corrected chi connectivity index (χ2v) is 9.76. The van der Waals surface area contributed by atoms with Gasteiger partial charge < -0.3 is 14.0 Å². The van der Waals surface area contributed by atoms with E-state index >= 15 is 0 Å². The second-order valence-electron chi connectivity index (χ2n) is 8.82. The molecule has 0 N–H and O–H groups in total. The molecule has 0 aliphatic carbocycles. The Kier molecular flexibility index (Phi) is 7.76. The number of methoxy groups -OCH3 is 1. The van der Waals surface area contributed by atoms with Crippen LogP contribution < -0.4 is 5.56 Å². The van der Waals surface area contributed by atoms with Gasteiger partial charge in [0.25, 0.3) is 5.56 Å². The number of aromatic nitrogens is 3. The number of fused-ring (bicyclic) bond motifs is 1. The van der Waals surface area contributed by atoms with Gasteiger partial charge in [0.15, 0.2) is 10.9 Å². The molecule has 0 amide bonds. The number of carbonyl (C=O) groups is 2. The van der Waals surface area contributed by atoms with Crippen molar-refractivity contribution in [2.24, 2.45) is 0 Å². The number of ether oxygens (including phenoxy) is 2. The van der Waals surface area contributed by atoms with Crippen LogP contribution in [0.15, 0.2) is 34.2 Å². The average Bonchev–Trinajstić information content (AvgIpc) is 3.47. The summed E-state index contributed by atoms with van der Waals surface area (Å²) in [4.78, 5) is 43.3. The molecular weight excluding hydrogens is 466 g/mol. The van der Waals surface area contributed by atoms with Gasteiger partial charge in [-0.15, -0.1) is 0 Å². The third kappa shape index (κ3) is 5.21. The fourth-order valence-corrected chi connectivity index (χ4v) is 5.46. The molecule has 1 aliphatic rings. The lowest BCUT2D eigenvalue weighted by atomic mass is 10.1. The van der Waals surface area contributed by atoms with Crippen molar-refractivity contribution in [1.82, 2.24) is 14.1 Å². The van der Waals surface area contributed by atoms with Crippen molar-refractivity contribution < 1.29 is 19.1 Å². The van der Waals surface area contributed by atoms with Crippen LogP contribution in [-0.4, -0.2) is 51.4 Å². The molecule has 2 aromatic heterocycles. The second kappa shape index (κ2) is 10.8. The van der Waals surface area contributed by atoms with Crippen molar-refractivity contribution in [2.45, 2.75) is 64.4 Å². The Morgan fingerprint density at radius 1 is 1.23 bits per heavy atom. The molecule has 0 spiro atoms. The van der Waals surface area contributed by atoms with Gasteiger partial charge in [-0.1, -0.05) is 18.7 Å². The van der Waals surface area contributed by atoms with Crippen LogP contribution in [0.2, 0.25) is 0 Å². The highest BCUT2D eigenvalue weighted by molar-refractivity contribution is 7.99. The fourth-order valence-electron chi connectivity index (χ4n) is 4.57. The highest BCUT2D eigenvalue weighted by atomic mass is 32.2. The first-order chi connectivity index (χ1) is 16.8. The SMILES string of the molecule is CCCn1c(C)cc(C(=O)CSc2nc3cc(C(=O)OC)ccc3c(=O)n2CC2CCCO2)c1C. The maximum absolute atomic E-state index is 13.4. The largest absolute Gasteiger partial charge is 0.465 e. The molecule has 1 aliphatic heterocycles. The number of hydrogen-bond donors (Lipinski definition) is 0. The molecule has 9 heteroatoms. The Labute approximate surface area is 208 Å². The number of rotatable bonds is 9. The molecule has 1 atom stereocenters. The van der Waals surface area contributed by atoms with Gasteiger partial charge in [0.1, 0.15) is 0 Å². The standard InChI is InChI=1S/C26H31N3O5S/c1-5-10-28-16(2)12-21(17(28)3)23(30)15-35-26-27-22-13-18(25(32)33-4)8-9-20(22)24(31)29(26)14-19-7-6-11-34-19/h8-9,12-13,19H,5-7,10-11,14-15H2,1-4H3. The zero-order valence-electron chi connectivity index (χ0n) is 20.6. The Morgan fingerprint density at radius 3 is 2.71 bits per heavy atom. The highest BCUT2D eigenvalue weighted by Crippen LogP contribution is 2.24. The van der Waals surface area contributed by atoms with Crippen molar-refractivity contribution in [2.75, 3.05) is 19.5 Å². The number of hydrogen-bond acceptors (Lipinski definition) is 7. The predicted octanol–water partition coefficient (Wildman–Crippen LogP) is 4.17. The number of esters is 1. The first-order valence-electron chi connectivity index (χ1n) is 11.9. The number of carbonyl (C=O) groups excluding carboxylic acids is 2. The molecule has 1 aromatic carbocycles. The van der Waals surface area contributed by atoms with Crippen molar-refractivity contribution in [3.05, 3.63) is 57.1 Å². The molecule has 3 aromatic rings. The van der Waals surface area contributed by atoms with Gasteiger partial charge in [-0.05, 0) is 57.4 Å². The number of aryl methyl sites for hydroxylation is 1. The zero-order chi connectivity index (χ0) is 25.1. The first-order valence-corrected chi connectivity index (χ1v) is 12.9. The van der Waals surface area contributed by atoms with Gasteiger partial charge in [-0.25, -0.2) is 9.78 Å². The minimum atomic E-state index is -0.496. The summed E-state index contributed by atoms with van der Waals surface area (Å²) in [5.41, 5.74) is 3.23. The average molecular weight is 498 g/mol. The van der Waals surface area contributed by atoms with Crippen LogP contribution in [0.25, 0.3) is 10.9 Å². The summed E-state index contributed by atoms with van der Waals surface area (Å²) in [5, 5.41) is 0.852. The van der Waals surface area contributed by atoms with E-state index in [1.54, 1.807) is 22.8 Å². The van der Waals surface area contributed by atoms with E-state index in [1.165, 1.54) is 18.9 Å². The van der Waals surface area contributed by atoms with E-state index in [9.17, 15) is 14.4 Å². The predicted molar refractivity (Wildman–Crippen MR) is 136 cm³/mol. The van der Waals surface area contributed by atoms with E-state index in [4.69, 9.17) is 14.5 Å². The Bertz CT molecular complexity index is 1320. The summed E-state index contributed by atoms with van der Waals surface area (Å²) in [6, 6.07) is 6.66. The molecule has 1 saturated heterocycles. The van der Waals surface area contributed by atoms with Crippen molar-refractivity contribution in [3.8, 4) is 0 Å². The molecule has 35 heavy (non-hydrogen) atoms. The van der Waals surface area contributed by atoms with E-state index in [2.05, 4.69) is 11.5 Å². The Hall–Kier alpha value is -2.91. The number of ketones is 1. The van der Waals surface area contributed by atoms with Crippen LogP contribution in [0.1, 0.15) is 58.3 Å². The molecule has 0 radical (unpaired) electrons. The lowest BCUT2D eigenvalue weighted by Crippen LogP contribution is -2.29. The van der Waals surface area contributed by atoms with E-state index in [0.29, 0.717) is 40.3 Å². The number of Topliss-reactive ketones (excluding diaryl/α,β-unsaturated/α-hetero) is 1. The third-order valence-corrected chi connectivity index (χ3v) is 7.38. The highest BCUT2D eigenvalue weighted by Gasteiger charge is 2.22. The fraction of sp³-hybridized carbons (Fsp3) is 0.462. The monoisotopic (exact) mass is 497 g/mol. The molecule has 8 nitrogen and oxygen atoms in total. The maximum Gasteiger partial charge on any atom is 0.337 e. The van der Waals surface area contributed by atoms with E-state index in [1.807, 2.05) is 19.9 Å². The van der Waals surface area contributed by atoms with E-state index < -0.39 is 5.97 Å². The van der Waals surface area contributed by atoms with Crippen molar-refractivity contribution in [1.29, 1.82) is 0 Å². The summed E-state index contributed by atoms with van der Waals surface area (Å²) in [7, 11) is 1.31. The van der Waals surface area contributed by atoms with Crippen LogP contribution in [0.5, 0.6) is 0 Å². The minimum absolute atomic E-state index is 0.00761. The number of nitrogens with zero attached hydrogens (tertiary/aromatic N) is 3. The van der Waals surface area contributed by atoms with Gasteiger partial charge >= 0.3 is 5.97 Å². The molecule has 1 fully saturated rings. The summed E-state index contributed by atoms with van der Waals surface area (Å²) < 4.78 is 14.3. The maximum atomic E-state index is 13.4. The van der Waals surface area contributed by atoms with Gasteiger partial charge in [0.05, 0.1) is 42.0 Å². The molecule has 186 valence electrons. The smallest absolute Gasteiger partial charge is 0.337 e. The Morgan fingerprint density at radius 2 is 2.03 bits per heavy atom. The molecular formula is C26H31N3O5S. The molecule has 3 heterocycles. The van der Waals surface area contributed by atoms with Crippen LogP contribution in [0.4, 0.5) is 0 Å². The van der Waals surface area contributed by atoms with Gasteiger partial charge in [0.2, 0.25) is 0 Å². The molecule has 0 bridgehead atoms. The molecule has 4 rings (SSSR count). The lowest BCUT2D eigenvalue weighted by molar-refractivity contribution is 0.0600. The summed E-state index contributed by atoms with van der Waals surface area (Å²) >= 11 is 1.24. The summed E-state index contributed by atoms with van der Waals surface area (Å²) in [6.07, 6.45) is 2.75. The zero-order valence-corrected chi connectivity index (χ0v) is 21.4. The van der Waals surface area contributed by atoms with E-state index in [0.717, 1.165) is 37.2 Å². The third-order valence-electron chi connectivity index (χ3n) is 6.41. The van der Waals surface area contributed by atoms with Crippen molar-refractivity contribution >= 4 is 34.4 Å². The summed E-state index contributed by atoms with van der Waals surface area (Å²) in [6.45, 7) is 8.01. The number of benzene rings is 1. The van der Waals surface area contributed by atoms with Gasteiger partial charge in [-0.2, -0.15) is 0 Å². The van der Waals surface area contributed by atoms with Gasteiger partial charge in [0, 0.05) is 30.1 Å². The van der Waals surface area contributed by atoms with Crippen LogP contribution >= 0.6 is 11.8 Å². The quantitative estimate of drug-likeness (QED) is 0.190. The molecule has 0 saturated carbocycles. The van der Waals surface area contributed by atoms with E-state index in [-0.39, 0.29) is 23.2 Å². The van der Waals surface area contributed by atoms with Crippen LogP contribution in [-0.2, 0) is 22.6 Å². The topological polar surface area (TPSA) is 92.4 Å². The van der Waals surface area contributed by atoms with Crippen molar-refractivity contribution in [3.63, 3.8) is 0 Å².